The van der Waals surface area contributed by atoms with E-state index in [4.69, 9.17) is 0 Å². The summed E-state index contributed by atoms with van der Waals surface area (Å²) >= 11 is 0. The minimum Gasteiger partial charge on any atom is -0.306 e. The first-order valence-electron chi connectivity index (χ1n) is 6.06. The normalized spacial score (nSPS) is 12.6. The van der Waals surface area contributed by atoms with Crippen molar-refractivity contribution in [2.24, 2.45) is 0 Å². The first-order valence-corrected chi connectivity index (χ1v) is 7.88. The van der Waals surface area contributed by atoms with Gasteiger partial charge < -0.3 is 9.80 Å². The summed E-state index contributed by atoms with van der Waals surface area (Å²) in [6, 6.07) is 0. The van der Waals surface area contributed by atoms with Crippen LogP contribution in [0.2, 0.25) is 0 Å². The van der Waals surface area contributed by atoms with Gasteiger partial charge in [0.05, 0.1) is 11.5 Å². The Balaban J connectivity index is 3.96. The second-order valence-electron chi connectivity index (χ2n) is 4.07. The van der Waals surface area contributed by atoms with Crippen LogP contribution in [-0.4, -0.2) is 69.5 Å². The summed E-state index contributed by atoms with van der Waals surface area (Å²) in [7, 11) is -0.941. The smallest absolute Gasteiger partial charge is 0.152 e. The van der Waals surface area contributed by atoms with Gasteiger partial charge in [-0.15, -0.1) is 0 Å². The van der Waals surface area contributed by atoms with Crippen LogP contribution in [0.3, 0.4) is 0 Å². The fraction of sp³-hybridized carbons (Fsp3) is 1.00. The summed E-state index contributed by atoms with van der Waals surface area (Å²) < 4.78 is 23.5. The molecule has 4 nitrogen and oxygen atoms in total. The van der Waals surface area contributed by atoms with Crippen LogP contribution in [0.4, 0.5) is 0 Å². The van der Waals surface area contributed by atoms with Gasteiger partial charge in [0.2, 0.25) is 0 Å². The fourth-order valence-corrected chi connectivity index (χ4v) is 2.69. The highest BCUT2D eigenvalue weighted by molar-refractivity contribution is 7.91. The number of nitrogens with zero attached hydrogens (tertiary/aromatic N) is 2. The Labute approximate surface area is 101 Å². The number of hydrogen-bond acceptors (Lipinski definition) is 4. The molecule has 0 aromatic heterocycles. The molecule has 0 spiro atoms. The minimum atomic E-state index is -2.89. The van der Waals surface area contributed by atoms with Crippen LogP contribution in [0.15, 0.2) is 0 Å². The third-order valence-electron chi connectivity index (χ3n) is 2.94. The van der Waals surface area contributed by atoms with Crippen molar-refractivity contribution < 1.29 is 8.42 Å². The quantitative estimate of drug-likeness (QED) is 0.604. The third kappa shape index (κ3) is 7.19. The maximum atomic E-state index is 11.7. The van der Waals surface area contributed by atoms with Crippen LogP contribution in [0.1, 0.15) is 20.8 Å². The maximum Gasteiger partial charge on any atom is 0.152 e. The highest BCUT2D eigenvalue weighted by atomic mass is 32.2. The largest absolute Gasteiger partial charge is 0.306 e. The summed E-state index contributed by atoms with van der Waals surface area (Å²) in [6.45, 7) is 10.2. The van der Waals surface area contributed by atoms with E-state index in [1.165, 1.54) is 0 Å². The molecule has 16 heavy (non-hydrogen) atoms. The van der Waals surface area contributed by atoms with E-state index in [1.807, 2.05) is 18.9 Å². The van der Waals surface area contributed by atoms with Crippen LogP contribution in [0.25, 0.3) is 0 Å². The zero-order chi connectivity index (χ0) is 12.6. The summed E-state index contributed by atoms with van der Waals surface area (Å²) in [5, 5.41) is 0. The first-order chi connectivity index (χ1) is 7.45. The first kappa shape index (κ1) is 15.9. The van der Waals surface area contributed by atoms with Crippen LogP contribution < -0.4 is 0 Å². The Hall–Kier alpha value is -0.130. The predicted octanol–water partition coefficient (Wildman–Crippen LogP) is 0.695. The van der Waals surface area contributed by atoms with Gasteiger partial charge >= 0.3 is 0 Å². The van der Waals surface area contributed by atoms with Crippen molar-refractivity contribution in [2.45, 2.75) is 20.8 Å². The fourth-order valence-electron chi connectivity index (χ4n) is 1.36. The van der Waals surface area contributed by atoms with E-state index < -0.39 is 9.84 Å². The van der Waals surface area contributed by atoms with Crippen LogP contribution in [-0.2, 0) is 9.84 Å². The van der Waals surface area contributed by atoms with Crippen LogP contribution >= 0.6 is 0 Å². The van der Waals surface area contributed by atoms with E-state index in [0.29, 0.717) is 13.1 Å². The Morgan fingerprint density at radius 2 is 1.38 bits per heavy atom. The van der Waals surface area contributed by atoms with Gasteiger partial charge in [0, 0.05) is 13.1 Å². The standard InChI is InChI=1S/C11H26N2O2S/c1-5-12(4)8-10-16(14,15)11-9-13(6-2)7-3/h5-11H2,1-4H3. The molecule has 0 radical (unpaired) electrons. The molecule has 0 fully saturated rings. The molecule has 0 aliphatic rings. The molecule has 98 valence electrons. The number of hydrogen-bond donors (Lipinski definition) is 0. The van der Waals surface area contributed by atoms with Gasteiger partial charge in [0.1, 0.15) is 0 Å². The van der Waals surface area contributed by atoms with Gasteiger partial charge in [-0.2, -0.15) is 0 Å². The Bertz CT molecular complexity index is 261. The topological polar surface area (TPSA) is 40.6 Å². The molecule has 0 saturated carbocycles. The van der Waals surface area contributed by atoms with Crippen molar-refractivity contribution in [3.63, 3.8) is 0 Å². The van der Waals surface area contributed by atoms with E-state index in [0.717, 1.165) is 19.6 Å². The molecule has 0 aliphatic heterocycles. The highest BCUT2D eigenvalue weighted by Gasteiger charge is 2.13. The average molecular weight is 250 g/mol. The number of sulfone groups is 1. The molecule has 0 aromatic carbocycles. The summed E-state index contributed by atoms with van der Waals surface area (Å²) in [5.74, 6) is 0.560. The van der Waals surface area contributed by atoms with Gasteiger partial charge in [-0.1, -0.05) is 20.8 Å². The van der Waals surface area contributed by atoms with Gasteiger partial charge in [-0.25, -0.2) is 8.42 Å². The Morgan fingerprint density at radius 1 is 0.875 bits per heavy atom. The zero-order valence-electron chi connectivity index (χ0n) is 11.1. The molecule has 0 aliphatic carbocycles. The third-order valence-corrected chi connectivity index (χ3v) is 4.55. The maximum absolute atomic E-state index is 11.7. The summed E-state index contributed by atoms with van der Waals surface area (Å²) in [6.07, 6.45) is 0. The SMILES string of the molecule is CCN(C)CCS(=O)(=O)CCN(CC)CC. The lowest BCUT2D eigenvalue weighted by molar-refractivity contribution is 0.321. The average Bonchev–Trinajstić information content (AvgIpc) is 2.27. The summed E-state index contributed by atoms with van der Waals surface area (Å²) in [5.41, 5.74) is 0. The molecular formula is C11H26N2O2S. The second kappa shape index (κ2) is 8.03. The van der Waals surface area contributed by atoms with Crippen molar-refractivity contribution in [3.8, 4) is 0 Å². The highest BCUT2D eigenvalue weighted by Crippen LogP contribution is 1.95. The zero-order valence-corrected chi connectivity index (χ0v) is 11.9. The van der Waals surface area contributed by atoms with E-state index in [1.54, 1.807) is 0 Å². The van der Waals surface area contributed by atoms with Gasteiger partial charge in [0.15, 0.2) is 9.84 Å². The Morgan fingerprint density at radius 3 is 1.81 bits per heavy atom. The molecule has 0 aromatic rings. The van der Waals surface area contributed by atoms with Crippen LogP contribution in [0.5, 0.6) is 0 Å². The van der Waals surface area contributed by atoms with Crippen molar-refractivity contribution in [2.75, 3.05) is 51.3 Å². The predicted molar refractivity (Wildman–Crippen MR) is 69.6 cm³/mol. The van der Waals surface area contributed by atoms with Gasteiger partial charge in [-0.3, -0.25) is 0 Å². The lowest BCUT2D eigenvalue weighted by atomic mass is 10.5. The lowest BCUT2D eigenvalue weighted by Crippen LogP contribution is -2.32. The molecule has 0 heterocycles. The van der Waals surface area contributed by atoms with E-state index >= 15 is 0 Å². The monoisotopic (exact) mass is 250 g/mol. The van der Waals surface area contributed by atoms with E-state index in [9.17, 15) is 8.42 Å². The van der Waals surface area contributed by atoms with Crippen LogP contribution in [0, 0.1) is 0 Å². The van der Waals surface area contributed by atoms with Crippen molar-refractivity contribution in [1.82, 2.24) is 9.80 Å². The van der Waals surface area contributed by atoms with Crippen molar-refractivity contribution in [3.05, 3.63) is 0 Å². The Kier molecular flexibility index (Phi) is 7.97. The molecule has 0 amide bonds. The van der Waals surface area contributed by atoms with Gasteiger partial charge in [0.25, 0.3) is 0 Å². The molecule has 0 N–H and O–H groups in total. The molecule has 0 unspecified atom stereocenters. The molecule has 0 rings (SSSR count). The summed E-state index contributed by atoms with van der Waals surface area (Å²) in [4.78, 5) is 4.16. The molecular weight excluding hydrogens is 224 g/mol. The van der Waals surface area contributed by atoms with E-state index in [2.05, 4.69) is 18.7 Å². The second-order valence-corrected chi connectivity index (χ2v) is 6.38. The molecule has 0 bridgehead atoms. The van der Waals surface area contributed by atoms with Crippen molar-refractivity contribution in [1.29, 1.82) is 0 Å². The van der Waals surface area contributed by atoms with Gasteiger partial charge in [-0.05, 0) is 26.7 Å². The van der Waals surface area contributed by atoms with E-state index in [-0.39, 0.29) is 11.5 Å². The number of rotatable bonds is 9. The minimum absolute atomic E-state index is 0.276. The van der Waals surface area contributed by atoms with Crippen molar-refractivity contribution >= 4 is 9.84 Å². The lowest BCUT2D eigenvalue weighted by Gasteiger charge is -2.18. The molecule has 5 heteroatoms. The molecule has 0 saturated heterocycles. The molecule has 0 atom stereocenters.